The van der Waals surface area contributed by atoms with E-state index in [1.165, 1.54) is 6.08 Å². The maximum absolute atomic E-state index is 13.4. The molecule has 5 rings (SSSR count). The topological polar surface area (TPSA) is 94.2 Å². The van der Waals surface area contributed by atoms with Crippen LogP contribution in [0, 0.1) is 13.8 Å². The summed E-state index contributed by atoms with van der Waals surface area (Å²) in [6, 6.07) is 15.4. The molecule has 2 aliphatic heterocycles. The molecule has 9 heteroatoms. The Balaban J connectivity index is 1.45. The largest absolute Gasteiger partial charge is 0.488 e. The Hall–Kier alpha value is -4.11. The average molecular weight is 549 g/mol. The maximum Gasteiger partial charge on any atom is 0.335 e. The van der Waals surface area contributed by atoms with Crippen LogP contribution in [0.5, 0.6) is 17.2 Å². The molecule has 0 bridgehead atoms. The summed E-state index contributed by atoms with van der Waals surface area (Å²) in [5, 5.41) is 2.26. The maximum atomic E-state index is 13.4. The first-order chi connectivity index (χ1) is 17.3. The average Bonchev–Trinajstić information content (AvgIpc) is 3.28. The van der Waals surface area contributed by atoms with Gasteiger partial charge < -0.3 is 14.2 Å². The van der Waals surface area contributed by atoms with Gasteiger partial charge in [0.2, 0.25) is 6.79 Å². The second-order valence-electron chi connectivity index (χ2n) is 8.46. The molecular formula is C27H21BrN2O6. The third-order valence-corrected chi connectivity index (χ3v) is 6.16. The van der Waals surface area contributed by atoms with Crippen LogP contribution in [0.4, 0.5) is 10.5 Å². The minimum absolute atomic E-state index is 0.181. The van der Waals surface area contributed by atoms with Crippen molar-refractivity contribution in [2.24, 2.45) is 0 Å². The van der Waals surface area contributed by atoms with Crippen molar-refractivity contribution in [1.82, 2.24) is 5.32 Å². The zero-order valence-electron chi connectivity index (χ0n) is 19.5. The number of hydrogen-bond acceptors (Lipinski definition) is 6. The fourth-order valence-electron chi connectivity index (χ4n) is 4.08. The number of nitrogens with zero attached hydrogens (tertiary/aromatic N) is 1. The van der Waals surface area contributed by atoms with E-state index in [1.807, 2.05) is 38.1 Å². The molecule has 2 heterocycles. The highest BCUT2D eigenvalue weighted by atomic mass is 79.9. The number of barbiturate groups is 1. The summed E-state index contributed by atoms with van der Waals surface area (Å²) in [6.45, 7) is 4.15. The lowest BCUT2D eigenvalue weighted by Crippen LogP contribution is -2.54. The summed E-state index contributed by atoms with van der Waals surface area (Å²) in [5.74, 6) is 0.300. The summed E-state index contributed by atoms with van der Waals surface area (Å²) >= 11 is 3.43. The van der Waals surface area contributed by atoms with E-state index in [4.69, 9.17) is 14.2 Å². The SMILES string of the molecule is Cc1cc(C)cc(N2C(=O)NC(=O)/C(=C\c3cc(Br)ccc3OCc3ccc4c(c3)OCO4)C2=O)c1. The van der Waals surface area contributed by atoms with Crippen molar-refractivity contribution in [3.63, 3.8) is 0 Å². The molecule has 0 aliphatic carbocycles. The van der Waals surface area contributed by atoms with Gasteiger partial charge in [-0.15, -0.1) is 0 Å². The van der Waals surface area contributed by atoms with Gasteiger partial charge in [-0.1, -0.05) is 28.1 Å². The molecule has 2 aliphatic rings. The van der Waals surface area contributed by atoms with E-state index in [0.29, 0.717) is 28.5 Å². The third-order valence-electron chi connectivity index (χ3n) is 5.67. The van der Waals surface area contributed by atoms with Crippen molar-refractivity contribution in [3.05, 3.63) is 86.9 Å². The Morgan fingerprint density at radius 3 is 2.50 bits per heavy atom. The zero-order valence-corrected chi connectivity index (χ0v) is 21.0. The standard InChI is InChI=1S/C27H21BrN2O6/c1-15-7-16(2)9-20(8-15)30-26(32)21(25(31)29-27(30)33)12-18-11-19(28)4-6-22(18)34-13-17-3-5-23-24(10-17)36-14-35-23/h3-12H,13-14H2,1-2H3,(H,29,31,33)/b21-12+. The first-order valence-corrected chi connectivity index (χ1v) is 11.9. The van der Waals surface area contributed by atoms with Gasteiger partial charge in [0.1, 0.15) is 17.9 Å². The minimum atomic E-state index is -0.791. The molecule has 8 nitrogen and oxygen atoms in total. The van der Waals surface area contributed by atoms with E-state index in [0.717, 1.165) is 26.1 Å². The van der Waals surface area contributed by atoms with E-state index in [2.05, 4.69) is 21.2 Å². The number of benzene rings is 3. The zero-order chi connectivity index (χ0) is 25.4. The number of hydrogen-bond donors (Lipinski definition) is 1. The van der Waals surface area contributed by atoms with E-state index in [9.17, 15) is 14.4 Å². The van der Waals surface area contributed by atoms with Gasteiger partial charge in [-0.3, -0.25) is 14.9 Å². The molecule has 182 valence electrons. The van der Waals surface area contributed by atoms with Crippen molar-refractivity contribution < 1.29 is 28.6 Å². The second-order valence-corrected chi connectivity index (χ2v) is 9.38. The number of fused-ring (bicyclic) bond motifs is 1. The highest BCUT2D eigenvalue weighted by Crippen LogP contribution is 2.34. The number of halogens is 1. The van der Waals surface area contributed by atoms with E-state index in [-0.39, 0.29) is 19.0 Å². The van der Waals surface area contributed by atoms with Crippen LogP contribution in [-0.4, -0.2) is 24.6 Å². The van der Waals surface area contributed by atoms with Crippen LogP contribution in [0.2, 0.25) is 0 Å². The minimum Gasteiger partial charge on any atom is -0.488 e. The molecule has 3 aromatic rings. The van der Waals surface area contributed by atoms with Gasteiger partial charge in [0.05, 0.1) is 5.69 Å². The van der Waals surface area contributed by atoms with Gasteiger partial charge in [-0.25, -0.2) is 9.69 Å². The molecule has 0 saturated carbocycles. The summed E-state index contributed by atoms with van der Waals surface area (Å²) in [7, 11) is 0. The Morgan fingerprint density at radius 1 is 0.972 bits per heavy atom. The monoisotopic (exact) mass is 548 g/mol. The van der Waals surface area contributed by atoms with Crippen molar-refractivity contribution in [2.75, 3.05) is 11.7 Å². The Kier molecular flexibility index (Phi) is 6.24. The predicted octanol–water partition coefficient (Wildman–Crippen LogP) is 5.04. The summed E-state index contributed by atoms with van der Waals surface area (Å²) in [4.78, 5) is 39.6. The molecule has 0 atom stereocenters. The van der Waals surface area contributed by atoms with Crippen LogP contribution < -0.4 is 24.4 Å². The summed E-state index contributed by atoms with van der Waals surface area (Å²) < 4.78 is 17.5. The molecule has 1 fully saturated rings. The Labute approximate surface area is 215 Å². The quantitative estimate of drug-likeness (QED) is 0.354. The lowest BCUT2D eigenvalue weighted by atomic mass is 10.0. The van der Waals surface area contributed by atoms with Gasteiger partial charge in [-0.05, 0) is 79.1 Å². The van der Waals surface area contributed by atoms with Gasteiger partial charge in [-0.2, -0.15) is 0 Å². The van der Waals surface area contributed by atoms with Crippen molar-refractivity contribution in [1.29, 1.82) is 0 Å². The van der Waals surface area contributed by atoms with Crippen LogP contribution in [0.1, 0.15) is 22.3 Å². The van der Waals surface area contributed by atoms with Crippen LogP contribution in [0.3, 0.4) is 0 Å². The molecule has 4 amide bonds. The number of anilines is 1. The van der Waals surface area contributed by atoms with Crippen LogP contribution in [0.25, 0.3) is 6.08 Å². The molecule has 36 heavy (non-hydrogen) atoms. The number of carbonyl (C=O) groups is 3. The molecule has 3 aromatic carbocycles. The van der Waals surface area contributed by atoms with Crippen molar-refractivity contribution >= 4 is 45.5 Å². The number of carbonyl (C=O) groups excluding carboxylic acids is 3. The van der Waals surface area contributed by atoms with Crippen molar-refractivity contribution in [2.45, 2.75) is 20.5 Å². The number of nitrogens with one attached hydrogen (secondary N) is 1. The van der Waals surface area contributed by atoms with Crippen LogP contribution in [0.15, 0.2) is 64.6 Å². The highest BCUT2D eigenvalue weighted by Gasteiger charge is 2.37. The van der Waals surface area contributed by atoms with E-state index < -0.39 is 17.8 Å². The molecule has 0 aromatic heterocycles. The number of amides is 4. The molecule has 0 radical (unpaired) electrons. The predicted molar refractivity (Wildman–Crippen MR) is 136 cm³/mol. The number of urea groups is 1. The van der Waals surface area contributed by atoms with Gasteiger partial charge in [0, 0.05) is 10.0 Å². The highest BCUT2D eigenvalue weighted by molar-refractivity contribution is 9.10. The second kappa shape index (κ2) is 9.50. The number of ether oxygens (including phenoxy) is 3. The number of rotatable bonds is 5. The first kappa shape index (κ1) is 23.6. The van der Waals surface area contributed by atoms with Gasteiger partial charge in [0.15, 0.2) is 11.5 Å². The van der Waals surface area contributed by atoms with Crippen molar-refractivity contribution in [3.8, 4) is 17.2 Å². The fourth-order valence-corrected chi connectivity index (χ4v) is 4.46. The first-order valence-electron chi connectivity index (χ1n) is 11.1. The lowest BCUT2D eigenvalue weighted by Gasteiger charge is -2.27. The molecule has 1 saturated heterocycles. The van der Waals surface area contributed by atoms with E-state index in [1.54, 1.807) is 30.3 Å². The fraction of sp³-hybridized carbons (Fsp3) is 0.148. The van der Waals surface area contributed by atoms with Crippen LogP contribution in [-0.2, 0) is 16.2 Å². The molecule has 0 unspecified atom stereocenters. The summed E-state index contributed by atoms with van der Waals surface area (Å²) in [6.07, 6.45) is 1.43. The molecular weight excluding hydrogens is 528 g/mol. The normalized spacial score (nSPS) is 15.9. The van der Waals surface area contributed by atoms with E-state index >= 15 is 0 Å². The Morgan fingerprint density at radius 2 is 1.72 bits per heavy atom. The Bertz CT molecular complexity index is 1430. The summed E-state index contributed by atoms with van der Waals surface area (Å²) in [5.41, 5.74) is 3.34. The number of aryl methyl sites for hydroxylation is 2. The number of imide groups is 2. The molecule has 1 N–H and O–H groups in total. The molecule has 0 spiro atoms. The van der Waals surface area contributed by atoms with Crippen LogP contribution >= 0.6 is 15.9 Å². The van der Waals surface area contributed by atoms with Gasteiger partial charge in [0.25, 0.3) is 11.8 Å². The smallest absolute Gasteiger partial charge is 0.335 e. The lowest BCUT2D eigenvalue weighted by molar-refractivity contribution is -0.122. The third kappa shape index (κ3) is 4.70. The van der Waals surface area contributed by atoms with Gasteiger partial charge >= 0.3 is 6.03 Å².